The van der Waals surface area contributed by atoms with E-state index in [0.29, 0.717) is 6.04 Å². The zero-order chi connectivity index (χ0) is 12.5. The van der Waals surface area contributed by atoms with Crippen LogP contribution >= 0.6 is 0 Å². The van der Waals surface area contributed by atoms with E-state index >= 15 is 0 Å². The van der Waals surface area contributed by atoms with Crippen molar-refractivity contribution in [2.24, 2.45) is 5.92 Å². The Morgan fingerprint density at radius 3 is 2.83 bits per heavy atom. The Morgan fingerprint density at radius 2 is 2.17 bits per heavy atom. The molecule has 1 heterocycles. The average Bonchev–Trinajstić information content (AvgIpc) is 3.26. The molecule has 1 aromatic heterocycles. The molecule has 1 N–H and O–H groups in total. The van der Waals surface area contributed by atoms with Crippen LogP contribution in [-0.4, -0.2) is 24.0 Å². The number of furan rings is 1. The summed E-state index contributed by atoms with van der Waals surface area (Å²) < 4.78 is 5.66. The van der Waals surface area contributed by atoms with Crippen molar-refractivity contribution in [3.63, 3.8) is 0 Å². The van der Waals surface area contributed by atoms with Crippen LogP contribution in [0, 0.1) is 5.92 Å². The molecule has 0 bridgehead atoms. The molecule has 0 amide bonds. The van der Waals surface area contributed by atoms with Crippen molar-refractivity contribution in [2.75, 3.05) is 7.05 Å². The summed E-state index contributed by atoms with van der Waals surface area (Å²) in [4.78, 5) is 2.41. The Bertz CT molecular complexity index is 393. The van der Waals surface area contributed by atoms with Crippen LogP contribution in [0.3, 0.4) is 0 Å². The molecule has 2 aliphatic rings. The number of hydrogen-bond donors (Lipinski definition) is 1. The summed E-state index contributed by atoms with van der Waals surface area (Å²) in [6.45, 7) is 4.22. The zero-order valence-corrected chi connectivity index (χ0v) is 11.5. The van der Waals surface area contributed by atoms with Gasteiger partial charge in [0, 0.05) is 24.2 Å². The van der Waals surface area contributed by atoms with Crippen LogP contribution in [0.25, 0.3) is 0 Å². The monoisotopic (exact) mass is 248 g/mol. The Labute approximate surface area is 110 Å². The van der Waals surface area contributed by atoms with Crippen LogP contribution in [0.15, 0.2) is 16.7 Å². The van der Waals surface area contributed by atoms with Crippen molar-refractivity contribution in [2.45, 2.75) is 57.8 Å². The van der Waals surface area contributed by atoms with Crippen LogP contribution in [0.4, 0.5) is 0 Å². The van der Waals surface area contributed by atoms with E-state index in [0.717, 1.165) is 30.8 Å². The van der Waals surface area contributed by atoms with Crippen LogP contribution in [0.2, 0.25) is 0 Å². The lowest BCUT2D eigenvalue weighted by molar-refractivity contribution is 0.210. The summed E-state index contributed by atoms with van der Waals surface area (Å²) in [6.07, 6.45) is 7.39. The van der Waals surface area contributed by atoms with E-state index in [9.17, 15) is 0 Å². The van der Waals surface area contributed by atoms with Crippen molar-refractivity contribution in [1.82, 2.24) is 10.2 Å². The maximum Gasteiger partial charge on any atom is 0.118 e. The third-order valence-electron chi connectivity index (χ3n) is 4.28. The van der Waals surface area contributed by atoms with Crippen LogP contribution in [-0.2, 0) is 13.1 Å². The van der Waals surface area contributed by atoms with Gasteiger partial charge in [-0.1, -0.05) is 0 Å². The van der Waals surface area contributed by atoms with E-state index in [2.05, 4.69) is 30.3 Å². The molecule has 100 valence electrons. The summed E-state index contributed by atoms with van der Waals surface area (Å²) in [7, 11) is 2.20. The van der Waals surface area contributed by atoms with Crippen molar-refractivity contribution in [3.05, 3.63) is 23.7 Å². The molecule has 1 unspecified atom stereocenters. The largest absolute Gasteiger partial charge is 0.468 e. The second kappa shape index (κ2) is 5.06. The zero-order valence-electron chi connectivity index (χ0n) is 11.5. The van der Waals surface area contributed by atoms with E-state index in [1.165, 1.54) is 31.2 Å². The van der Waals surface area contributed by atoms with Crippen LogP contribution in [0.5, 0.6) is 0 Å². The lowest BCUT2D eigenvalue weighted by Gasteiger charge is -2.23. The van der Waals surface area contributed by atoms with Crippen molar-refractivity contribution in [3.8, 4) is 0 Å². The van der Waals surface area contributed by atoms with E-state index in [1.807, 2.05) is 6.26 Å². The molecular weight excluding hydrogens is 224 g/mol. The summed E-state index contributed by atoms with van der Waals surface area (Å²) in [6, 6.07) is 3.65. The van der Waals surface area contributed by atoms with Crippen LogP contribution < -0.4 is 5.32 Å². The second-order valence-electron chi connectivity index (χ2n) is 6.07. The number of rotatable bonds is 7. The highest BCUT2D eigenvalue weighted by molar-refractivity contribution is 5.13. The molecule has 2 fully saturated rings. The second-order valence-corrected chi connectivity index (χ2v) is 6.07. The summed E-state index contributed by atoms with van der Waals surface area (Å²) >= 11 is 0. The molecule has 3 rings (SSSR count). The van der Waals surface area contributed by atoms with Gasteiger partial charge in [0.1, 0.15) is 5.76 Å². The van der Waals surface area contributed by atoms with Gasteiger partial charge in [0.2, 0.25) is 0 Å². The summed E-state index contributed by atoms with van der Waals surface area (Å²) in [5.74, 6) is 2.01. The number of nitrogens with zero attached hydrogens (tertiary/aromatic N) is 1. The highest BCUT2D eigenvalue weighted by atomic mass is 16.3. The lowest BCUT2D eigenvalue weighted by atomic mass is 10.2. The van der Waals surface area contributed by atoms with Gasteiger partial charge in [0.25, 0.3) is 0 Å². The average molecular weight is 248 g/mol. The van der Waals surface area contributed by atoms with Crippen LogP contribution in [0.1, 0.15) is 43.9 Å². The fourth-order valence-electron chi connectivity index (χ4n) is 2.48. The first kappa shape index (κ1) is 12.2. The van der Waals surface area contributed by atoms with Gasteiger partial charge >= 0.3 is 0 Å². The van der Waals surface area contributed by atoms with Gasteiger partial charge in [-0.05, 0) is 51.6 Å². The maximum absolute atomic E-state index is 5.66. The SMILES string of the molecule is CC(C1CC1)N(C)Cc1cc(CNC2CC2)co1. The van der Waals surface area contributed by atoms with Gasteiger partial charge in [0.05, 0.1) is 12.8 Å². The van der Waals surface area contributed by atoms with Crippen molar-refractivity contribution in [1.29, 1.82) is 0 Å². The molecular formula is C15H24N2O. The topological polar surface area (TPSA) is 28.4 Å². The maximum atomic E-state index is 5.66. The Morgan fingerprint density at radius 1 is 1.39 bits per heavy atom. The summed E-state index contributed by atoms with van der Waals surface area (Å²) in [5.41, 5.74) is 1.28. The first-order chi connectivity index (χ1) is 8.72. The number of hydrogen-bond acceptors (Lipinski definition) is 3. The standard InChI is InChI=1S/C15H24N2O/c1-11(13-3-4-13)17(2)9-15-7-12(10-18-15)8-16-14-5-6-14/h7,10-11,13-14,16H,3-6,8-9H2,1-2H3. The van der Waals surface area contributed by atoms with Crippen molar-refractivity contribution < 1.29 is 4.42 Å². The molecule has 0 radical (unpaired) electrons. The Balaban J connectivity index is 1.48. The molecule has 1 aromatic rings. The fraction of sp³-hybridized carbons (Fsp3) is 0.733. The predicted octanol–water partition coefficient (Wildman–Crippen LogP) is 2.76. The normalized spacial score (nSPS) is 21.5. The van der Waals surface area contributed by atoms with E-state index in [1.54, 1.807) is 0 Å². The lowest BCUT2D eigenvalue weighted by Crippen LogP contribution is -2.30. The minimum atomic E-state index is 0.683. The number of nitrogens with one attached hydrogen (secondary N) is 1. The Hall–Kier alpha value is -0.800. The molecule has 0 spiro atoms. The molecule has 1 atom stereocenters. The first-order valence-corrected chi connectivity index (χ1v) is 7.22. The smallest absolute Gasteiger partial charge is 0.118 e. The van der Waals surface area contributed by atoms with E-state index < -0.39 is 0 Å². The van der Waals surface area contributed by atoms with Gasteiger partial charge in [-0.3, -0.25) is 4.90 Å². The highest BCUT2D eigenvalue weighted by Gasteiger charge is 2.30. The van der Waals surface area contributed by atoms with E-state index in [4.69, 9.17) is 4.42 Å². The van der Waals surface area contributed by atoms with Gasteiger partial charge < -0.3 is 9.73 Å². The van der Waals surface area contributed by atoms with Gasteiger partial charge in [-0.15, -0.1) is 0 Å². The molecule has 2 saturated carbocycles. The highest BCUT2D eigenvalue weighted by Crippen LogP contribution is 2.35. The van der Waals surface area contributed by atoms with Gasteiger partial charge in [0.15, 0.2) is 0 Å². The first-order valence-electron chi connectivity index (χ1n) is 7.22. The Kier molecular flexibility index (Phi) is 3.44. The molecule has 0 aliphatic heterocycles. The molecule has 2 aliphatic carbocycles. The van der Waals surface area contributed by atoms with Crippen molar-refractivity contribution >= 4 is 0 Å². The molecule has 3 nitrogen and oxygen atoms in total. The minimum absolute atomic E-state index is 0.683. The fourth-order valence-corrected chi connectivity index (χ4v) is 2.48. The molecule has 18 heavy (non-hydrogen) atoms. The molecule has 0 aromatic carbocycles. The molecule has 0 saturated heterocycles. The molecule has 3 heteroatoms. The van der Waals surface area contributed by atoms with E-state index in [-0.39, 0.29) is 0 Å². The summed E-state index contributed by atoms with van der Waals surface area (Å²) in [5, 5.41) is 3.52. The quantitative estimate of drug-likeness (QED) is 0.804. The van der Waals surface area contributed by atoms with Gasteiger partial charge in [-0.25, -0.2) is 0 Å². The van der Waals surface area contributed by atoms with Gasteiger partial charge in [-0.2, -0.15) is 0 Å². The predicted molar refractivity (Wildman–Crippen MR) is 72.2 cm³/mol. The minimum Gasteiger partial charge on any atom is -0.468 e. The third kappa shape index (κ3) is 3.15. The third-order valence-corrected chi connectivity index (χ3v) is 4.28.